The zero-order valence-corrected chi connectivity index (χ0v) is 24.5. The number of rotatable bonds is 5. The van der Waals surface area contributed by atoms with Gasteiger partial charge in [-0.1, -0.05) is 0 Å². The molecule has 2 N–H and O–H groups in total. The first-order valence-electron chi connectivity index (χ1n) is 14.4. The minimum Gasteiger partial charge on any atom is -0.477 e. The quantitative estimate of drug-likeness (QED) is 0.310. The summed E-state index contributed by atoms with van der Waals surface area (Å²) in [4.78, 5) is 38.9. The lowest BCUT2D eigenvalue weighted by molar-refractivity contribution is 0.0177. The van der Waals surface area contributed by atoms with Crippen molar-refractivity contribution < 1.29 is 18.7 Å². The molecule has 7 rings (SSSR count). The molecule has 11 heteroatoms. The topological polar surface area (TPSA) is 104 Å². The average molecular weight is 587 g/mol. The van der Waals surface area contributed by atoms with E-state index >= 15 is 4.39 Å². The van der Waals surface area contributed by atoms with Crippen molar-refractivity contribution in [2.45, 2.75) is 31.7 Å². The first kappa shape index (κ1) is 27.5. The van der Waals surface area contributed by atoms with Crippen LogP contribution in [0.25, 0.3) is 33.3 Å². The summed E-state index contributed by atoms with van der Waals surface area (Å²) >= 11 is 0. The Morgan fingerprint density at radius 3 is 2.63 bits per heavy atom. The summed E-state index contributed by atoms with van der Waals surface area (Å²) in [6.07, 6.45) is 8.12. The number of benzene rings is 1. The van der Waals surface area contributed by atoms with E-state index in [1.807, 2.05) is 0 Å². The maximum Gasteiger partial charge on any atom is 0.341 e. The van der Waals surface area contributed by atoms with E-state index in [1.165, 1.54) is 16.8 Å². The predicted octanol–water partition coefficient (Wildman–Crippen LogP) is 4.51. The van der Waals surface area contributed by atoms with Crippen LogP contribution in [-0.2, 0) is 13.5 Å². The highest BCUT2D eigenvalue weighted by Crippen LogP contribution is 2.55. The van der Waals surface area contributed by atoms with Gasteiger partial charge in [0.15, 0.2) is 11.6 Å². The third kappa shape index (κ3) is 3.90. The van der Waals surface area contributed by atoms with Gasteiger partial charge in [0.25, 0.3) is 0 Å². The number of carbonyl (C=O) groups is 1. The van der Waals surface area contributed by atoms with Crippen LogP contribution >= 0.6 is 0 Å². The van der Waals surface area contributed by atoms with E-state index in [0.29, 0.717) is 51.7 Å². The molecule has 1 aliphatic heterocycles. The van der Waals surface area contributed by atoms with Crippen molar-refractivity contribution in [1.82, 2.24) is 19.4 Å². The molecule has 9 nitrogen and oxygen atoms in total. The third-order valence-corrected chi connectivity index (χ3v) is 9.82. The third-order valence-electron chi connectivity index (χ3n) is 9.82. The largest absolute Gasteiger partial charge is 0.477 e. The molecule has 1 spiro atoms. The summed E-state index contributed by atoms with van der Waals surface area (Å²) in [5, 5.41) is 12.8. The number of anilines is 2. The molecule has 4 aromatic rings. The SMILES string of the molecule is CNc1cc(F)c(F)c2c1Cc1ncc(-c3cnc4c(c3)c(=O)c(C(=O)O)cn4C)c(N3CCC4(CCC4N(C)C)C3)c1-2. The Balaban J connectivity index is 1.48. The summed E-state index contributed by atoms with van der Waals surface area (Å²) in [5.41, 5.74) is 3.97. The van der Waals surface area contributed by atoms with Crippen molar-refractivity contribution in [2.75, 3.05) is 44.4 Å². The van der Waals surface area contributed by atoms with Crippen LogP contribution in [0.4, 0.5) is 20.2 Å². The maximum atomic E-state index is 15.8. The number of aromatic nitrogens is 3. The Kier molecular flexibility index (Phi) is 6.11. The first-order chi connectivity index (χ1) is 20.5. The van der Waals surface area contributed by atoms with Gasteiger partial charge in [-0.05, 0) is 45.0 Å². The number of aryl methyl sites for hydroxylation is 1. The minimum atomic E-state index is -1.32. The van der Waals surface area contributed by atoms with Crippen LogP contribution in [0, 0.1) is 17.0 Å². The molecule has 0 radical (unpaired) electrons. The average Bonchev–Trinajstić information content (AvgIpc) is 3.59. The number of carboxylic acids is 1. The van der Waals surface area contributed by atoms with E-state index in [1.54, 1.807) is 32.6 Å². The standard InChI is InChI=1S/C32H32F2N6O3/c1-35-22-11-21(33)27(34)25-17(22)10-23-26(25)28(40-8-7-32(15-40)6-5-24(32)38(2)3)19(13-36-23)16-9-18-29(41)20(31(42)43)14-39(4)30(18)37-12-16/h9,11-14,24,35H,5-8,10,15H2,1-4H3,(H,42,43). The second kappa shape index (κ2) is 9.57. The molecule has 3 aromatic heterocycles. The number of carboxylic acid groups (broad SMARTS) is 1. The molecule has 1 saturated heterocycles. The lowest BCUT2D eigenvalue weighted by Crippen LogP contribution is -2.54. The molecule has 1 saturated carbocycles. The Bertz CT molecular complexity index is 1920. The van der Waals surface area contributed by atoms with Gasteiger partial charge >= 0.3 is 5.97 Å². The molecule has 1 aromatic carbocycles. The number of hydrogen-bond donors (Lipinski definition) is 2. The van der Waals surface area contributed by atoms with Crippen LogP contribution in [0.3, 0.4) is 0 Å². The van der Waals surface area contributed by atoms with E-state index in [-0.39, 0.29) is 21.9 Å². The van der Waals surface area contributed by atoms with Crippen LogP contribution in [0.5, 0.6) is 0 Å². The molecule has 43 heavy (non-hydrogen) atoms. The number of aromatic carboxylic acids is 1. The minimum absolute atomic E-state index is 0.0862. The fourth-order valence-electron chi connectivity index (χ4n) is 7.69. The highest BCUT2D eigenvalue weighted by atomic mass is 19.2. The van der Waals surface area contributed by atoms with Crippen LogP contribution in [0.1, 0.15) is 40.9 Å². The lowest BCUT2D eigenvalue weighted by Gasteiger charge is -2.50. The Morgan fingerprint density at radius 2 is 1.95 bits per heavy atom. The van der Waals surface area contributed by atoms with Crippen molar-refractivity contribution in [1.29, 1.82) is 0 Å². The van der Waals surface area contributed by atoms with Gasteiger partial charge in [0, 0.05) is 97.7 Å². The molecule has 4 heterocycles. The fraction of sp³-hybridized carbons (Fsp3) is 0.375. The molecule has 2 unspecified atom stereocenters. The Labute approximate surface area is 246 Å². The molecule has 3 aliphatic rings. The molecule has 2 aliphatic carbocycles. The molecular formula is C32H32F2N6O3. The fourth-order valence-corrected chi connectivity index (χ4v) is 7.69. The first-order valence-corrected chi connectivity index (χ1v) is 14.4. The lowest BCUT2D eigenvalue weighted by atomic mass is 9.63. The van der Waals surface area contributed by atoms with Gasteiger partial charge in [0.1, 0.15) is 11.2 Å². The molecule has 0 amide bonds. The molecule has 0 bridgehead atoms. The van der Waals surface area contributed by atoms with Crippen molar-refractivity contribution in [3.63, 3.8) is 0 Å². The zero-order valence-electron chi connectivity index (χ0n) is 24.5. The summed E-state index contributed by atoms with van der Waals surface area (Å²) in [6, 6.07) is 3.25. The smallest absolute Gasteiger partial charge is 0.341 e. The maximum absolute atomic E-state index is 15.8. The predicted molar refractivity (Wildman–Crippen MR) is 161 cm³/mol. The van der Waals surface area contributed by atoms with Gasteiger partial charge in [0.2, 0.25) is 5.43 Å². The van der Waals surface area contributed by atoms with Gasteiger partial charge in [-0.2, -0.15) is 0 Å². The Morgan fingerprint density at radius 1 is 1.16 bits per heavy atom. The van der Waals surface area contributed by atoms with Gasteiger partial charge in [0.05, 0.1) is 16.8 Å². The van der Waals surface area contributed by atoms with E-state index in [2.05, 4.69) is 34.2 Å². The summed E-state index contributed by atoms with van der Waals surface area (Å²) in [7, 11) is 7.53. The second-order valence-electron chi connectivity index (χ2n) is 12.3. The number of fused-ring (bicyclic) bond motifs is 4. The summed E-state index contributed by atoms with van der Waals surface area (Å²) < 4.78 is 32.3. The number of halogens is 2. The van der Waals surface area contributed by atoms with Gasteiger partial charge < -0.3 is 24.8 Å². The van der Waals surface area contributed by atoms with Crippen LogP contribution in [-0.4, -0.2) is 70.8 Å². The summed E-state index contributed by atoms with van der Waals surface area (Å²) in [5.74, 6) is -3.16. The molecule has 2 atom stereocenters. The van der Waals surface area contributed by atoms with E-state index < -0.39 is 23.0 Å². The number of hydrogen-bond acceptors (Lipinski definition) is 7. The monoisotopic (exact) mass is 586 g/mol. The Hall–Kier alpha value is -4.38. The highest BCUT2D eigenvalue weighted by molar-refractivity contribution is 5.98. The van der Waals surface area contributed by atoms with Crippen molar-refractivity contribution in [2.24, 2.45) is 12.5 Å². The van der Waals surface area contributed by atoms with Gasteiger partial charge in [-0.3, -0.25) is 9.78 Å². The van der Waals surface area contributed by atoms with Crippen LogP contribution in [0.15, 0.2) is 35.5 Å². The number of nitrogens with zero attached hydrogens (tertiary/aromatic N) is 5. The number of pyridine rings is 3. The van der Waals surface area contributed by atoms with Gasteiger partial charge in [-0.15, -0.1) is 0 Å². The van der Waals surface area contributed by atoms with Crippen molar-refractivity contribution >= 4 is 28.4 Å². The van der Waals surface area contributed by atoms with E-state index in [4.69, 9.17) is 4.98 Å². The van der Waals surface area contributed by atoms with Crippen molar-refractivity contribution in [3.8, 4) is 22.3 Å². The van der Waals surface area contributed by atoms with Gasteiger partial charge in [-0.25, -0.2) is 18.6 Å². The molecular weight excluding hydrogens is 554 g/mol. The normalized spacial score (nSPS) is 20.5. The highest BCUT2D eigenvalue weighted by Gasteiger charge is 2.52. The van der Waals surface area contributed by atoms with Crippen LogP contribution in [0.2, 0.25) is 0 Å². The van der Waals surface area contributed by atoms with Crippen LogP contribution < -0.4 is 15.6 Å². The summed E-state index contributed by atoms with van der Waals surface area (Å²) in [6.45, 7) is 1.47. The zero-order chi connectivity index (χ0) is 30.4. The number of nitrogens with one attached hydrogen (secondary N) is 1. The van der Waals surface area contributed by atoms with Crippen molar-refractivity contribution in [3.05, 3.63) is 69.4 Å². The molecule has 222 valence electrons. The second-order valence-corrected chi connectivity index (χ2v) is 12.3. The van der Waals surface area contributed by atoms with E-state index in [0.717, 1.165) is 38.0 Å². The molecule has 2 fully saturated rings. The van der Waals surface area contributed by atoms with E-state index in [9.17, 15) is 19.1 Å².